The lowest BCUT2D eigenvalue weighted by Gasteiger charge is -2.30. The fourth-order valence-electron chi connectivity index (χ4n) is 2.72. The zero-order chi connectivity index (χ0) is 17.7. The molecule has 1 fully saturated rings. The third kappa shape index (κ3) is 4.15. The highest BCUT2D eigenvalue weighted by molar-refractivity contribution is 7.89. The van der Waals surface area contributed by atoms with Crippen molar-refractivity contribution in [1.82, 2.24) is 9.73 Å². The molecular formula is C17H19N3O4S. The molecule has 1 N–H and O–H groups in total. The molecule has 0 radical (unpaired) electrons. The van der Waals surface area contributed by atoms with Crippen LogP contribution < -0.4 is 5.43 Å². The van der Waals surface area contributed by atoms with Gasteiger partial charge in [0.2, 0.25) is 15.9 Å². The summed E-state index contributed by atoms with van der Waals surface area (Å²) in [4.78, 5) is 12.4. The maximum absolute atomic E-state index is 12.6. The molecule has 1 saturated heterocycles. The highest BCUT2D eigenvalue weighted by atomic mass is 32.2. The first-order chi connectivity index (χ1) is 12.1. The largest absolute Gasteiger partial charge is 0.463 e. The Bertz CT molecular complexity index is 824. The van der Waals surface area contributed by atoms with Crippen LogP contribution in [0.3, 0.4) is 0 Å². The van der Waals surface area contributed by atoms with Gasteiger partial charge in [0, 0.05) is 19.0 Å². The summed E-state index contributed by atoms with van der Waals surface area (Å²) < 4.78 is 31.6. The van der Waals surface area contributed by atoms with Crippen LogP contribution in [-0.2, 0) is 14.8 Å². The van der Waals surface area contributed by atoms with E-state index in [4.69, 9.17) is 4.42 Å². The molecule has 8 heteroatoms. The first-order valence-electron chi connectivity index (χ1n) is 7.99. The number of piperidine rings is 1. The molecule has 1 aliphatic rings. The summed E-state index contributed by atoms with van der Waals surface area (Å²) in [6.07, 6.45) is 3.88. The topological polar surface area (TPSA) is 92.0 Å². The Balaban J connectivity index is 1.54. The van der Waals surface area contributed by atoms with Gasteiger partial charge in [-0.3, -0.25) is 4.79 Å². The van der Waals surface area contributed by atoms with Crippen molar-refractivity contribution in [3.63, 3.8) is 0 Å². The van der Waals surface area contributed by atoms with Crippen molar-refractivity contribution in [2.24, 2.45) is 11.0 Å². The maximum atomic E-state index is 12.6. The monoisotopic (exact) mass is 361 g/mol. The summed E-state index contributed by atoms with van der Waals surface area (Å²) in [7, 11) is -3.50. The zero-order valence-corrected chi connectivity index (χ0v) is 14.4. The van der Waals surface area contributed by atoms with Gasteiger partial charge in [0.25, 0.3) is 0 Å². The summed E-state index contributed by atoms with van der Waals surface area (Å²) in [5.41, 5.74) is 2.48. The van der Waals surface area contributed by atoms with Gasteiger partial charge >= 0.3 is 0 Å². The van der Waals surface area contributed by atoms with Crippen LogP contribution in [0.25, 0.3) is 0 Å². The normalized spacial score (nSPS) is 17.0. The number of hydrogen-bond acceptors (Lipinski definition) is 5. The number of hydrogen-bond donors (Lipinski definition) is 1. The van der Waals surface area contributed by atoms with Gasteiger partial charge in [0.15, 0.2) is 0 Å². The number of benzene rings is 1. The summed E-state index contributed by atoms with van der Waals surface area (Å²) in [5.74, 6) is 0.0830. The lowest BCUT2D eigenvalue weighted by atomic mass is 9.98. The number of amides is 1. The number of sulfonamides is 1. The molecule has 0 unspecified atom stereocenters. The van der Waals surface area contributed by atoms with Crippen LogP contribution in [0.1, 0.15) is 18.6 Å². The number of carbonyl (C=O) groups excluding carboxylic acids is 1. The fraction of sp³-hybridized carbons (Fsp3) is 0.294. The van der Waals surface area contributed by atoms with Crippen molar-refractivity contribution in [1.29, 1.82) is 0 Å². The zero-order valence-electron chi connectivity index (χ0n) is 13.5. The minimum absolute atomic E-state index is 0.209. The molecule has 1 aliphatic heterocycles. The lowest BCUT2D eigenvalue weighted by Crippen LogP contribution is -2.42. The van der Waals surface area contributed by atoms with Crippen molar-refractivity contribution < 1.29 is 17.6 Å². The summed E-state index contributed by atoms with van der Waals surface area (Å²) >= 11 is 0. The molecule has 2 aromatic rings. The van der Waals surface area contributed by atoms with Crippen molar-refractivity contribution >= 4 is 22.1 Å². The van der Waals surface area contributed by atoms with Gasteiger partial charge in [-0.2, -0.15) is 9.41 Å². The quantitative estimate of drug-likeness (QED) is 0.650. The number of carbonyl (C=O) groups is 1. The molecule has 0 atom stereocenters. The first kappa shape index (κ1) is 17.4. The van der Waals surface area contributed by atoms with E-state index in [9.17, 15) is 13.2 Å². The second kappa shape index (κ2) is 7.62. The molecule has 0 saturated carbocycles. The Morgan fingerprint density at radius 1 is 1.16 bits per heavy atom. The first-order valence-corrected chi connectivity index (χ1v) is 9.43. The Kier molecular flexibility index (Phi) is 5.30. The fourth-order valence-corrected chi connectivity index (χ4v) is 4.21. The van der Waals surface area contributed by atoms with Gasteiger partial charge in [0.05, 0.1) is 17.4 Å². The van der Waals surface area contributed by atoms with Crippen LogP contribution >= 0.6 is 0 Å². The van der Waals surface area contributed by atoms with Crippen LogP contribution in [0.15, 0.2) is 63.1 Å². The van der Waals surface area contributed by atoms with E-state index in [-0.39, 0.29) is 16.7 Å². The van der Waals surface area contributed by atoms with E-state index in [2.05, 4.69) is 10.5 Å². The molecule has 7 nitrogen and oxygen atoms in total. The minimum Gasteiger partial charge on any atom is -0.463 e. The summed E-state index contributed by atoms with van der Waals surface area (Å²) in [6.45, 7) is 0.633. The highest BCUT2D eigenvalue weighted by Gasteiger charge is 2.31. The molecular weight excluding hydrogens is 342 g/mol. The Morgan fingerprint density at radius 2 is 1.88 bits per heavy atom. The molecule has 25 heavy (non-hydrogen) atoms. The van der Waals surface area contributed by atoms with Crippen LogP contribution in [-0.4, -0.2) is 37.9 Å². The molecule has 1 aromatic heterocycles. The number of nitrogens with one attached hydrogen (secondary N) is 1. The van der Waals surface area contributed by atoms with Crippen LogP contribution in [0.4, 0.5) is 0 Å². The third-order valence-corrected chi connectivity index (χ3v) is 6.03. The molecule has 1 amide bonds. The Hall–Kier alpha value is -2.45. The third-order valence-electron chi connectivity index (χ3n) is 4.12. The van der Waals surface area contributed by atoms with Crippen molar-refractivity contribution in [2.45, 2.75) is 17.7 Å². The van der Waals surface area contributed by atoms with E-state index >= 15 is 0 Å². The summed E-state index contributed by atoms with van der Waals surface area (Å²) in [6, 6.07) is 11.8. The number of nitrogens with zero attached hydrogens (tertiary/aromatic N) is 2. The van der Waals surface area contributed by atoms with Gasteiger partial charge < -0.3 is 4.42 Å². The van der Waals surface area contributed by atoms with Crippen molar-refractivity contribution in [3.05, 3.63) is 54.5 Å². The number of furan rings is 1. The molecule has 0 bridgehead atoms. The van der Waals surface area contributed by atoms with E-state index in [0.29, 0.717) is 31.7 Å². The molecule has 132 valence electrons. The maximum Gasteiger partial charge on any atom is 0.243 e. The predicted molar refractivity (Wildman–Crippen MR) is 92.4 cm³/mol. The number of rotatable bonds is 5. The van der Waals surface area contributed by atoms with Gasteiger partial charge in [-0.25, -0.2) is 13.8 Å². The average Bonchev–Trinajstić information content (AvgIpc) is 3.16. The number of hydrazone groups is 1. The Morgan fingerprint density at radius 3 is 2.52 bits per heavy atom. The van der Waals surface area contributed by atoms with Crippen LogP contribution in [0.2, 0.25) is 0 Å². The molecule has 3 rings (SSSR count). The highest BCUT2D eigenvalue weighted by Crippen LogP contribution is 2.23. The second-order valence-corrected chi connectivity index (χ2v) is 7.68. The van der Waals surface area contributed by atoms with Gasteiger partial charge in [-0.05, 0) is 37.1 Å². The molecule has 0 aliphatic carbocycles. The van der Waals surface area contributed by atoms with E-state index < -0.39 is 10.0 Å². The van der Waals surface area contributed by atoms with E-state index in [0.717, 1.165) is 0 Å². The average molecular weight is 361 g/mol. The smallest absolute Gasteiger partial charge is 0.243 e. The molecule has 1 aromatic carbocycles. The molecule has 2 heterocycles. The van der Waals surface area contributed by atoms with Crippen LogP contribution in [0.5, 0.6) is 0 Å². The van der Waals surface area contributed by atoms with E-state index in [1.54, 1.807) is 42.5 Å². The summed E-state index contributed by atoms with van der Waals surface area (Å²) in [5, 5.41) is 3.85. The van der Waals surface area contributed by atoms with Crippen molar-refractivity contribution in [2.75, 3.05) is 13.1 Å². The van der Waals surface area contributed by atoms with E-state index in [1.807, 2.05) is 0 Å². The second-order valence-electron chi connectivity index (χ2n) is 5.74. The molecule has 0 spiro atoms. The van der Waals surface area contributed by atoms with Crippen molar-refractivity contribution in [3.8, 4) is 0 Å². The standard InChI is InChI=1S/C17H19N3O4S/c21-17(19-18-13-15-5-4-12-24-15)14-8-10-20(11-9-14)25(22,23)16-6-2-1-3-7-16/h1-7,12-14H,8-11H2,(H,19,21)/b18-13-. The van der Waals surface area contributed by atoms with Crippen LogP contribution in [0, 0.1) is 5.92 Å². The van der Waals surface area contributed by atoms with Gasteiger partial charge in [0.1, 0.15) is 5.76 Å². The van der Waals surface area contributed by atoms with E-state index in [1.165, 1.54) is 16.8 Å². The Labute approximate surface area is 146 Å². The lowest BCUT2D eigenvalue weighted by molar-refractivity contribution is -0.126. The minimum atomic E-state index is -3.50. The van der Waals surface area contributed by atoms with Gasteiger partial charge in [-0.1, -0.05) is 18.2 Å². The predicted octanol–water partition coefficient (Wildman–Crippen LogP) is 1.83. The van der Waals surface area contributed by atoms with Gasteiger partial charge in [-0.15, -0.1) is 0 Å². The SMILES string of the molecule is O=C(N/N=C\c1ccco1)C1CCN(S(=O)(=O)c2ccccc2)CC1.